The van der Waals surface area contributed by atoms with Gasteiger partial charge in [0.15, 0.2) is 5.82 Å². The van der Waals surface area contributed by atoms with Crippen LogP contribution in [0.25, 0.3) is 122 Å². The molecule has 2 heterocycles. The number of hydrogen-bond acceptors (Lipinski definition) is 3. The van der Waals surface area contributed by atoms with Crippen LogP contribution in [0, 0.1) is 0 Å². The zero-order chi connectivity index (χ0) is 39.6. The summed E-state index contributed by atoms with van der Waals surface area (Å²) >= 11 is 0. The van der Waals surface area contributed by atoms with E-state index in [0.717, 1.165) is 44.6 Å². The van der Waals surface area contributed by atoms with Crippen LogP contribution in [0.5, 0.6) is 0 Å². The first-order valence-corrected chi connectivity index (χ1v) is 20.4. The molecule has 1 aliphatic rings. The summed E-state index contributed by atoms with van der Waals surface area (Å²) in [5, 5.41) is 7.23. The van der Waals surface area contributed by atoms with Crippen LogP contribution in [0.3, 0.4) is 0 Å². The van der Waals surface area contributed by atoms with Crippen molar-refractivity contribution in [3.05, 3.63) is 213 Å². The summed E-state index contributed by atoms with van der Waals surface area (Å²) in [4.78, 5) is 15.1. The second kappa shape index (κ2) is 13.8. The minimum Gasteiger partial charge on any atom is -0.263 e. The standard InChI is InChI=1S/C57H35N3/c1-4-15-37(16-5-1)50-33-51(60-57(59-50)40-29-27-36(28-30-40)49-35-58-34-41-21-10-11-22-42(41)49)43-31-32-48-54-44(43)25-14-26-47(54)55-52(38-17-6-2-7-18-38)45-23-12-13-24-46(45)53(56(48)55)39-19-8-3-9-20-39/h1-35H. The molecule has 11 aromatic rings. The fourth-order valence-corrected chi connectivity index (χ4v) is 9.45. The molecule has 1 aliphatic carbocycles. The average Bonchev–Trinajstić information content (AvgIpc) is 3.66. The Labute approximate surface area is 348 Å². The average molecular weight is 762 g/mol. The summed E-state index contributed by atoms with van der Waals surface area (Å²) in [7, 11) is 0. The molecule has 0 amide bonds. The highest BCUT2D eigenvalue weighted by Crippen LogP contribution is 2.58. The maximum Gasteiger partial charge on any atom is 0.160 e. The van der Waals surface area contributed by atoms with E-state index in [2.05, 4.69) is 199 Å². The molecule has 3 heteroatoms. The maximum atomic E-state index is 5.38. The van der Waals surface area contributed by atoms with E-state index < -0.39 is 0 Å². The van der Waals surface area contributed by atoms with Gasteiger partial charge in [0.1, 0.15) is 0 Å². The van der Waals surface area contributed by atoms with Crippen molar-refractivity contribution < 1.29 is 0 Å². The van der Waals surface area contributed by atoms with Crippen molar-refractivity contribution in [1.82, 2.24) is 15.0 Å². The highest BCUT2D eigenvalue weighted by atomic mass is 14.9. The lowest BCUT2D eigenvalue weighted by atomic mass is 9.82. The van der Waals surface area contributed by atoms with Gasteiger partial charge in [0.2, 0.25) is 0 Å². The van der Waals surface area contributed by atoms with Crippen molar-refractivity contribution in [2.45, 2.75) is 0 Å². The van der Waals surface area contributed by atoms with Gasteiger partial charge < -0.3 is 0 Å². The van der Waals surface area contributed by atoms with E-state index in [0.29, 0.717) is 5.82 Å². The molecule has 0 bridgehead atoms. The minimum atomic E-state index is 0.685. The van der Waals surface area contributed by atoms with Crippen molar-refractivity contribution in [2.75, 3.05) is 0 Å². The molecule has 0 N–H and O–H groups in total. The topological polar surface area (TPSA) is 38.7 Å². The zero-order valence-electron chi connectivity index (χ0n) is 32.5. The quantitative estimate of drug-likeness (QED) is 0.169. The fourth-order valence-electron chi connectivity index (χ4n) is 9.45. The Morgan fingerprint density at radius 1 is 0.283 bits per heavy atom. The number of aromatic nitrogens is 3. The van der Waals surface area contributed by atoms with Gasteiger partial charge in [0.05, 0.1) is 11.4 Å². The van der Waals surface area contributed by atoms with Gasteiger partial charge in [0, 0.05) is 40.0 Å². The minimum absolute atomic E-state index is 0.685. The third kappa shape index (κ3) is 5.40. The van der Waals surface area contributed by atoms with Crippen molar-refractivity contribution >= 4 is 32.3 Å². The molecule has 0 fully saturated rings. The number of hydrogen-bond donors (Lipinski definition) is 0. The molecule has 0 unspecified atom stereocenters. The molecule has 3 nitrogen and oxygen atoms in total. The number of rotatable bonds is 6. The lowest BCUT2D eigenvalue weighted by Gasteiger charge is -2.20. The first kappa shape index (κ1) is 34.1. The van der Waals surface area contributed by atoms with E-state index in [1.54, 1.807) is 0 Å². The predicted molar refractivity (Wildman–Crippen MR) is 249 cm³/mol. The van der Waals surface area contributed by atoms with Crippen LogP contribution in [-0.2, 0) is 0 Å². The van der Waals surface area contributed by atoms with Crippen LogP contribution in [0.15, 0.2) is 213 Å². The van der Waals surface area contributed by atoms with Crippen LogP contribution < -0.4 is 0 Å². The van der Waals surface area contributed by atoms with Crippen molar-refractivity contribution in [2.24, 2.45) is 0 Å². The number of fused-ring (bicyclic) bond motifs is 5. The summed E-state index contributed by atoms with van der Waals surface area (Å²) in [6.45, 7) is 0. The van der Waals surface area contributed by atoms with E-state index in [1.165, 1.54) is 71.4 Å². The van der Waals surface area contributed by atoms with Crippen molar-refractivity contribution in [3.63, 3.8) is 0 Å². The van der Waals surface area contributed by atoms with E-state index in [9.17, 15) is 0 Å². The smallest absolute Gasteiger partial charge is 0.160 e. The van der Waals surface area contributed by atoms with Gasteiger partial charge in [0.25, 0.3) is 0 Å². The van der Waals surface area contributed by atoms with E-state index >= 15 is 0 Å². The Morgan fingerprint density at radius 3 is 1.47 bits per heavy atom. The molecule has 2 aromatic heterocycles. The molecular formula is C57H35N3. The third-order valence-corrected chi connectivity index (χ3v) is 12.1. The molecule has 0 aliphatic heterocycles. The van der Waals surface area contributed by atoms with Gasteiger partial charge >= 0.3 is 0 Å². The zero-order valence-corrected chi connectivity index (χ0v) is 32.5. The molecule has 0 saturated heterocycles. The Morgan fingerprint density at radius 2 is 0.800 bits per heavy atom. The molecule has 60 heavy (non-hydrogen) atoms. The summed E-state index contributed by atoms with van der Waals surface area (Å²) in [6.07, 6.45) is 3.87. The van der Waals surface area contributed by atoms with E-state index in [4.69, 9.17) is 9.97 Å². The highest BCUT2D eigenvalue weighted by molar-refractivity contribution is 6.28. The first-order chi connectivity index (χ1) is 29.8. The van der Waals surface area contributed by atoms with Gasteiger partial charge in [-0.1, -0.05) is 194 Å². The number of benzene rings is 9. The van der Waals surface area contributed by atoms with Crippen LogP contribution in [0.2, 0.25) is 0 Å². The normalized spacial score (nSPS) is 11.7. The van der Waals surface area contributed by atoms with Gasteiger partial charge in [-0.25, -0.2) is 9.97 Å². The van der Waals surface area contributed by atoms with Crippen LogP contribution in [0.1, 0.15) is 0 Å². The second-order valence-electron chi connectivity index (χ2n) is 15.5. The Kier molecular flexibility index (Phi) is 7.85. The fraction of sp³-hybridized carbons (Fsp3) is 0. The number of pyridine rings is 1. The predicted octanol–water partition coefficient (Wildman–Crippen LogP) is 15.0. The Hall–Kier alpha value is -8.01. The molecule has 0 radical (unpaired) electrons. The van der Waals surface area contributed by atoms with Crippen molar-refractivity contribution in [3.8, 4) is 89.5 Å². The highest BCUT2D eigenvalue weighted by Gasteiger charge is 2.31. The summed E-state index contributed by atoms with van der Waals surface area (Å²) in [5.74, 6) is 0.685. The van der Waals surface area contributed by atoms with Gasteiger partial charge in [-0.05, 0) is 83.1 Å². The molecule has 9 aromatic carbocycles. The molecule has 0 saturated carbocycles. The van der Waals surface area contributed by atoms with Crippen LogP contribution in [0.4, 0.5) is 0 Å². The molecule has 0 atom stereocenters. The summed E-state index contributed by atoms with van der Waals surface area (Å²) in [5.41, 5.74) is 17.1. The molecular weight excluding hydrogens is 727 g/mol. The largest absolute Gasteiger partial charge is 0.263 e. The van der Waals surface area contributed by atoms with E-state index in [-0.39, 0.29) is 0 Å². The van der Waals surface area contributed by atoms with Gasteiger partial charge in [-0.15, -0.1) is 0 Å². The van der Waals surface area contributed by atoms with Gasteiger partial charge in [-0.2, -0.15) is 0 Å². The maximum absolute atomic E-state index is 5.38. The first-order valence-electron chi connectivity index (χ1n) is 20.4. The second-order valence-corrected chi connectivity index (χ2v) is 15.5. The Bertz CT molecular complexity index is 3350. The number of nitrogens with zero attached hydrogens (tertiary/aromatic N) is 3. The van der Waals surface area contributed by atoms with Crippen LogP contribution in [-0.4, -0.2) is 15.0 Å². The SMILES string of the molecule is c1ccc(-c2cc(-c3ccc4c5c(cccc35)-c3c-4c(-c4ccccc4)c4ccccc4c3-c3ccccc3)nc(-c3ccc(-c4cncc5ccccc45)cc3)n2)cc1. The summed E-state index contributed by atoms with van der Waals surface area (Å²) in [6, 6.07) is 71.7. The van der Waals surface area contributed by atoms with Crippen LogP contribution >= 0.6 is 0 Å². The monoisotopic (exact) mass is 761 g/mol. The van der Waals surface area contributed by atoms with Gasteiger partial charge in [-0.3, -0.25) is 4.98 Å². The molecule has 12 rings (SSSR count). The Balaban J connectivity index is 1.08. The lowest BCUT2D eigenvalue weighted by Crippen LogP contribution is -1.96. The lowest BCUT2D eigenvalue weighted by molar-refractivity contribution is 1.18. The van der Waals surface area contributed by atoms with E-state index in [1.807, 2.05) is 18.5 Å². The third-order valence-electron chi connectivity index (χ3n) is 12.1. The molecule has 278 valence electrons. The summed E-state index contributed by atoms with van der Waals surface area (Å²) < 4.78 is 0. The van der Waals surface area contributed by atoms with Crippen molar-refractivity contribution in [1.29, 1.82) is 0 Å². The molecule has 0 spiro atoms.